The Bertz CT molecular complexity index is 1140. The van der Waals surface area contributed by atoms with Crippen molar-refractivity contribution in [1.29, 1.82) is 0 Å². The van der Waals surface area contributed by atoms with E-state index in [4.69, 9.17) is 14.2 Å². The third-order valence-electron chi connectivity index (χ3n) is 5.91. The summed E-state index contributed by atoms with van der Waals surface area (Å²) in [5.41, 5.74) is 0.862. The van der Waals surface area contributed by atoms with E-state index in [0.717, 1.165) is 36.1 Å². The fourth-order valence-electron chi connectivity index (χ4n) is 4.14. The van der Waals surface area contributed by atoms with Crippen LogP contribution in [0.15, 0.2) is 64.9 Å². The van der Waals surface area contributed by atoms with Crippen LogP contribution in [0, 0.1) is 0 Å². The first-order chi connectivity index (χ1) is 16.0. The average molecular weight is 488 g/mol. The zero-order chi connectivity index (χ0) is 23.3. The maximum absolute atomic E-state index is 13.6. The van der Waals surface area contributed by atoms with Gasteiger partial charge in [-0.2, -0.15) is 4.31 Å². The number of sulfonamides is 1. The molecular weight excluding hydrogens is 458 g/mol. The summed E-state index contributed by atoms with van der Waals surface area (Å²) in [4.78, 5) is 1.38. The summed E-state index contributed by atoms with van der Waals surface area (Å²) in [6, 6.07) is 16.2. The van der Waals surface area contributed by atoms with Crippen molar-refractivity contribution in [3.63, 3.8) is 0 Å². The summed E-state index contributed by atoms with van der Waals surface area (Å²) < 4.78 is 45.6. The minimum Gasteiger partial charge on any atom is -0.497 e. The molecule has 6 nitrogen and oxygen atoms in total. The summed E-state index contributed by atoms with van der Waals surface area (Å²) in [6.45, 7) is 0.715. The Balaban J connectivity index is 1.61. The van der Waals surface area contributed by atoms with Gasteiger partial charge < -0.3 is 14.2 Å². The van der Waals surface area contributed by atoms with Crippen LogP contribution in [0.25, 0.3) is 0 Å². The minimum atomic E-state index is -3.68. The molecule has 176 valence electrons. The highest BCUT2D eigenvalue weighted by atomic mass is 32.2. The van der Waals surface area contributed by atoms with Gasteiger partial charge >= 0.3 is 0 Å². The van der Waals surface area contributed by atoms with Gasteiger partial charge in [0.15, 0.2) is 11.5 Å². The molecule has 1 aliphatic carbocycles. The number of rotatable bonds is 10. The van der Waals surface area contributed by atoms with E-state index in [2.05, 4.69) is 0 Å². The SMILES string of the molecule is COc1ccc(S(=O)(=O)N(Cc2ccc(OC)c(OCc3cccs3)c2)C2CCCC2)cc1. The molecule has 1 aliphatic rings. The van der Waals surface area contributed by atoms with Crippen molar-refractivity contribution in [2.24, 2.45) is 0 Å². The lowest BCUT2D eigenvalue weighted by Crippen LogP contribution is -2.38. The summed E-state index contributed by atoms with van der Waals surface area (Å²) >= 11 is 1.63. The molecule has 0 N–H and O–H groups in total. The molecule has 1 aromatic heterocycles. The van der Waals surface area contributed by atoms with Gasteiger partial charge in [0.1, 0.15) is 12.4 Å². The molecule has 0 saturated heterocycles. The lowest BCUT2D eigenvalue weighted by Gasteiger charge is -2.28. The van der Waals surface area contributed by atoms with Gasteiger partial charge in [0.2, 0.25) is 10.0 Å². The molecule has 8 heteroatoms. The van der Waals surface area contributed by atoms with E-state index in [1.807, 2.05) is 35.7 Å². The molecule has 0 atom stereocenters. The number of ether oxygens (including phenoxy) is 3. The quantitative estimate of drug-likeness (QED) is 0.379. The van der Waals surface area contributed by atoms with Crippen LogP contribution in [-0.2, 0) is 23.2 Å². The van der Waals surface area contributed by atoms with E-state index in [1.54, 1.807) is 54.1 Å². The van der Waals surface area contributed by atoms with Gasteiger partial charge in [-0.3, -0.25) is 0 Å². The Labute approximate surface area is 199 Å². The van der Waals surface area contributed by atoms with Crippen LogP contribution in [0.2, 0.25) is 0 Å². The number of nitrogens with zero attached hydrogens (tertiary/aromatic N) is 1. The van der Waals surface area contributed by atoms with Crippen molar-refractivity contribution in [2.45, 2.75) is 49.8 Å². The summed E-state index contributed by atoms with van der Waals surface area (Å²) in [5.74, 6) is 1.86. The molecule has 1 saturated carbocycles. The number of thiophene rings is 1. The van der Waals surface area contributed by atoms with Crippen LogP contribution in [-0.4, -0.2) is 33.0 Å². The van der Waals surface area contributed by atoms with Gasteiger partial charge in [0.25, 0.3) is 0 Å². The van der Waals surface area contributed by atoms with Crippen molar-refractivity contribution >= 4 is 21.4 Å². The van der Waals surface area contributed by atoms with Crippen LogP contribution < -0.4 is 14.2 Å². The Morgan fingerprint density at radius 1 is 0.970 bits per heavy atom. The predicted molar refractivity (Wildman–Crippen MR) is 130 cm³/mol. The Morgan fingerprint density at radius 2 is 1.73 bits per heavy atom. The predicted octanol–water partition coefficient (Wildman–Crippen LogP) is 5.48. The first-order valence-corrected chi connectivity index (χ1v) is 13.3. The van der Waals surface area contributed by atoms with E-state index in [9.17, 15) is 8.42 Å². The standard InChI is InChI=1S/C25H29NO5S2/c1-29-21-10-12-23(13-11-21)33(27,28)26(20-6-3-4-7-20)17-19-9-14-24(30-2)25(16-19)31-18-22-8-5-15-32-22/h5,8-16,20H,3-4,6-7,17-18H2,1-2H3. The number of hydrogen-bond donors (Lipinski definition) is 0. The lowest BCUT2D eigenvalue weighted by molar-refractivity contribution is 0.285. The van der Waals surface area contributed by atoms with Gasteiger partial charge in [0, 0.05) is 17.5 Å². The number of hydrogen-bond acceptors (Lipinski definition) is 6. The fraction of sp³-hybridized carbons (Fsp3) is 0.360. The molecule has 0 unspecified atom stereocenters. The van der Waals surface area contributed by atoms with Crippen molar-refractivity contribution in [2.75, 3.05) is 14.2 Å². The third-order valence-corrected chi connectivity index (χ3v) is 8.68. The van der Waals surface area contributed by atoms with E-state index in [1.165, 1.54) is 0 Å². The Morgan fingerprint density at radius 3 is 2.36 bits per heavy atom. The molecule has 0 amide bonds. The van der Waals surface area contributed by atoms with Crippen LogP contribution in [0.3, 0.4) is 0 Å². The highest BCUT2D eigenvalue weighted by molar-refractivity contribution is 7.89. The number of benzene rings is 2. The normalized spacial score (nSPS) is 14.5. The second-order valence-corrected chi connectivity index (χ2v) is 10.9. The van der Waals surface area contributed by atoms with Gasteiger partial charge in [-0.25, -0.2) is 8.42 Å². The summed E-state index contributed by atoms with van der Waals surface area (Å²) in [7, 11) is -0.508. The lowest BCUT2D eigenvalue weighted by atomic mass is 10.1. The number of methoxy groups -OCH3 is 2. The van der Waals surface area contributed by atoms with Crippen LogP contribution in [0.1, 0.15) is 36.1 Å². The van der Waals surface area contributed by atoms with E-state index in [0.29, 0.717) is 23.9 Å². The van der Waals surface area contributed by atoms with Gasteiger partial charge in [-0.05, 0) is 66.2 Å². The average Bonchev–Trinajstić information content (AvgIpc) is 3.56. The zero-order valence-corrected chi connectivity index (χ0v) is 20.5. The van der Waals surface area contributed by atoms with Crippen molar-refractivity contribution in [3.05, 3.63) is 70.4 Å². The molecule has 33 heavy (non-hydrogen) atoms. The minimum absolute atomic E-state index is 0.0188. The van der Waals surface area contributed by atoms with Crippen LogP contribution in [0.5, 0.6) is 17.2 Å². The Kier molecular flexibility index (Phi) is 7.57. The first kappa shape index (κ1) is 23.6. The molecule has 2 aromatic carbocycles. The van der Waals surface area contributed by atoms with Crippen molar-refractivity contribution in [3.8, 4) is 17.2 Å². The molecule has 0 bridgehead atoms. The zero-order valence-electron chi connectivity index (χ0n) is 18.9. The van der Waals surface area contributed by atoms with Gasteiger partial charge in [-0.1, -0.05) is 25.0 Å². The molecule has 1 fully saturated rings. The summed E-state index contributed by atoms with van der Waals surface area (Å²) in [6.07, 6.45) is 3.81. The molecule has 1 heterocycles. The van der Waals surface area contributed by atoms with Gasteiger partial charge in [0.05, 0.1) is 19.1 Å². The van der Waals surface area contributed by atoms with Crippen molar-refractivity contribution < 1.29 is 22.6 Å². The van der Waals surface area contributed by atoms with Crippen LogP contribution in [0.4, 0.5) is 0 Å². The van der Waals surface area contributed by atoms with E-state index in [-0.39, 0.29) is 17.5 Å². The Hall–Kier alpha value is -2.55. The van der Waals surface area contributed by atoms with Gasteiger partial charge in [-0.15, -0.1) is 11.3 Å². The molecule has 0 radical (unpaired) electrons. The molecule has 0 aliphatic heterocycles. The fourth-order valence-corrected chi connectivity index (χ4v) is 6.43. The second-order valence-electron chi connectivity index (χ2n) is 8.02. The largest absolute Gasteiger partial charge is 0.497 e. The van der Waals surface area contributed by atoms with E-state index < -0.39 is 10.0 Å². The first-order valence-electron chi connectivity index (χ1n) is 11.0. The molecular formula is C25H29NO5S2. The van der Waals surface area contributed by atoms with Crippen LogP contribution >= 0.6 is 11.3 Å². The summed E-state index contributed by atoms with van der Waals surface area (Å²) in [5, 5.41) is 2.01. The molecule has 4 rings (SSSR count). The highest BCUT2D eigenvalue weighted by Gasteiger charge is 2.33. The van der Waals surface area contributed by atoms with Crippen molar-refractivity contribution in [1.82, 2.24) is 4.31 Å². The maximum Gasteiger partial charge on any atom is 0.243 e. The monoisotopic (exact) mass is 487 g/mol. The van der Waals surface area contributed by atoms with E-state index >= 15 is 0 Å². The topological polar surface area (TPSA) is 65.1 Å². The maximum atomic E-state index is 13.6. The third kappa shape index (κ3) is 5.51. The molecule has 3 aromatic rings. The molecule has 0 spiro atoms. The smallest absolute Gasteiger partial charge is 0.243 e. The highest BCUT2D eigenvalue weighted by Crippen LogP contribution is 2.34. The second kappa shape index (κ2) is 10.6.